The predicted octanol–water partition coefficient (Wildman–Crippen LogP) is 1.68. The fourth-order valence-electron chi connectivity index (χ4n) is 1.44. The Balaban J connectivity index is 2.26. The van der Waals surface area contributed by atoms with E-state index in [2.05, 4.69) is 31.4 Å². The van der Waals surface area contributed by atoms with Gasteiger partial charge in [-0.15, -0.1) is 0 Å². The van der Waals surface area contributed by atoms with E-state index in [1.165, 1.54) is 12.1 Å². The van der Waals surface area contributed by atoms with Crippen LogP contribution in [0.3, 0.4) is 0 Å². The molecule has 0 radical (unpaired) electrons. The van der Waals surface area contributed by atoms with Crippen LogP contribution in [0, 0.1) is 6.92 Å². The summed E-state index contributed by atoms with van der Waals surface area (Å²) in [5.74, 6) is -0.430. The molecule has 2 rings (SSSR count). The number of aromatic nitrogens is 2. The van der Waals surface area contributed by atoms with Gasteiger partial charge in [0, 0.05) is 16.2 Å². The van der Waals surface area contributed by atoms with Crippen molar-refractivity contribution in [3.63, 3.8) is 0 Å². The van der Waals surface area contributed by atoms with Crippen molar-refractivity contribution in [2.45, 2.75) is 6.92 Å². The van der Waals surface area contributed by atoms with Gasteiger partial charge >= 0.3 is 0 Å². The molecule has 0 saturated carbocycles. The number of anilines is 2. The molecule has 1 aromatic heterocycles. The van der Waals surface area contributed by atoms with Crippen molar-refractivity contribution >= 4 is 33.2 Å². The summed E-state index contributed by atoms with van der Waals surface area (Å²) >= 11 is 3.35. The largest absolute Gasteiger partial charge is 0.398 e. The smallest absolute Gasteiger partial charge is 0.276 e. The highest BCUT2D eigenvalue weighted by atomic mass is 79.9. The van der Waals surface area contributed by atoms with E-state index in [-0.39, 0.29) is 11.3 Å². The zero-order chi connectivity index (χ0) is 14.0. The summed E-state index contributed by atoms with van der Waals surface area (Å²) in [6.07, 6.45) is 0. The summed E-state index contributed by atoms with van der Waals surface area (Å²) in [5, 5.41) is 8.51. The first-order valence-electron chi connectivity index (χ1n) is 5.40. The number of nitrogens with zero attached hydrogens (tertiary/aromatic N) is 1. The lowest BCUT2D eigenvalue weighted by molar-refractivity contribution is 0.102. The van der Waals surface area contributed by atoms with E-state index in [0.29, 0.717) is 11.4 Å². The molecular weight excluding hydrogens is 312 g/mol. The number of benzene rings is 1. The summed E-state index contributed by atoms with van der Waals surface area (Å²) in [6, 6.07) is 6.05. The van der Waals surface area contributed by atoms with Gasteiger partial charge in [0.1, 0.15) is 5.69 Å². The standard InChI is InChI=1S/C12H11BrN4O2/c1-6-4-7(13)10(5-8(6)14)15-12(19)9-2-3-11(18)17-16-9/h2-5H,14H2,1H3,(H,15,19)(H,17,18). The van der Waals surface area contributed by atoms with Gasteiger partial charge in [-0.2, -0.15) is 5.10 Å². The van der Waals surface area contributed by atoms with Crippen molar-refractivity contribution in [2.24, 2.45) is 0 Å². The molecule has 4 N–H and O–H groups in total. The third kappa shape index (κ3) is 3.00. The molecule has 0 spiro atoms. The number of H-pyrrole nitrogens is 1. The van der Waals surface area contributed by atoms with Gasteiger partial charge in [0.15, 0.2) is 0 Å². The number of halogens is 1. The van der Waals surface area contributed by atoms with Crippen LogP contribution in [-0.4, -0.2) is 16.1 Å². The van der Waals surface area contributed by atoms with Crippen LogP contribution in [-0.2, 0) is 0 Å². The van der Waals surface area contributed by atoms with Gasteiger partial charge < -0.3 is 11.1 Å². The molecule has 0 aliphatic heterocycles. The molecule has 6 nitrogen and oxygen atoms in total. The summed E-state index contributed by atoms with van der Waals surface area (Å²) < 4.78 is 0.719. The van der Waals surface area contributed by atoms with Crippen molar-refractivity contribution in [3.8, 4) is 0 Å². The fraction of sp³-hybridized carbons (Fsp3) is 0.0833. The number of aromatic amines is 1. The lowest BCUT2D eigenvalue weighted by Gasteiger charge is -2.09. The van der Waals surface area contributed by atoms with E-state index < -0.39 is 5.91 Å². The van der Waals surface area contributed by atoms with E-state index in [0.717, 1.165) is 10.0 Å². The minimum atomic E-state index is -0.430. The van der Waals surface area contributed by atoms with Crippen LogP contribution in [0.25, 0.3) is 0 Å². The second-order valence-corrected chi connectivity index (χ2v) is 4.80. The van der Waals surface area contributed by atoms with Crippen LogP contribution in [0.15, 0.2) is 33.5 Å². The number of nitrogens with one attached hydrogen (secondary N) is 2. The van der Waals surface area contributed by atoms with Gasteiger partial charge in [-0.25, -0.2) is 5.10 Å². The molecule has 0 unspecified atom stereocenters. The molecule has 0 bridgehead atoms. The Labute approximate surface area is 117 Å². The summed E-state index contributed by atoms with van der Waals surface area (Å²) in [5.41, 5.74) is 7.57. The van der Waals surface area contributed by atoms with Crippen molar-refractivity contribution in [3.05, 3.63) is 50.3 Å². The summed E-state index contributed by atoms with van der Waals surface area (Å²) in [4.78, 5) is 22.8. The molecule has 0 saturated heterocycles. The number of carbonyl (C=O) groups excluding carboxylic acids is 1. The lowest BCUT2D eigenvalue weighted by atomic mass is 10.2. The van der Waals surface area contributed by atoms with Crippen LogP contribution in [0.5, 0.6) is 0 Å². The Morgan fingerprint density at radius 3 is 2.79 bits per heavy atom. The van der Waals surface area contributed by atoms with Gasteiger partial charge in [0.2, 0.25) is 0 Å². The molecule has 1 aromatic carbocycles. The topological polar surface area (TPSA) is 101 Å². The van der Waals surface area contributed by atoms with Crippen LogP contribution in [0.2, 0.25) is 0 Å². The zero-order valence-electron chi connectivity index (χ0n) is 10.0. The molecule has 1 amide bonds. The van der Waals surface area contributed by atoms with Crippen molar-refractivity contribution in [2.75, 3.05) is 11.1 Å². The second-order valence-electron chi connectivity index (χ2n) is 3.95. The van der Waals surface area contributed by atoms with Crippen molar-refractivity contribution in [1.82, 2.24) is 10.2 Å². The molecule has 1 heterocycles. The second kappa shape index (κ2) is 5.23. The molecule has 0 aliphatic rings. The van der Waals surface area contributed by atoms with Crippen molar-refractivity contribution in [1.29, 1.82) is 0 Å². The first-order chi connectivity index (χ1) is 8.97. The van der Waals surface area contributed by atoms with Gasteiger partial charge in [-0.1, -0.05) is 0 Å². The molecule has 98 valence electrons. The predicted molar refractivity (Wildman–Crippen MR) is 76.1 cm³/mol. The Bertz CT molecular complexity index is 676. The summed E-state index contributed by atoms with van der Waals surface area (Å²) in [7, 11) is 0. The van der Waals surface area contributed by atoms with Gasteiger partial charge in [0.05, 0.1) is 5.69 Å². The van der Waals surface area contributed by atoms with Crippen LogP contribution >= 0.6 is 15.9 Å². The molecule has 19 heavy (non-hydrogen) atoms. The van der Waals surface area contributed by atoms with Gasteiger partial charge in [-0.3, -0.25) is 9.59 Å². The van der Waals surface area contributed by atoms with Gasteiger partial charge in [0.25, 0.3) is 11.5 Å². The monoisotopic (exact) mass is 322 g/mol. The number of rotatable bonds is 2. The molecule has 0 fully saturated rings. The Kier molecular flexibility index (Phi) is 3.66. The number of nitrogen functional groups attached to an aromatic ring is 1. The zero-order valence-corrected chi connectivity index (χ0v) is 11.6. The van der Waals surface area contributed by atoms with E-state index in [4.69, 9.17) is 5.73 Å². The quantitative estimate of drug-likeness (QED) is 0.732. The number of amides is 1. The molecule has 0 aliphatic carbocycles. The Morgan fingerprint density at radius 1 is 1.42 bits per heavy atom. The number of hydrogen-bond donors (Lipinski definition) is 3. The highest BCUT2D eigenvalue weighted by Crippen LogP contribution is 2.27. The Morgan fingerprint density at radius 2 is 2.16 bits per heavy atom. The SMILES string of the molecule is Cc1cc(Br)c(NC(=O)c2ccc(=O)[nH]n2)cc1N. The number of nitrogens with two attached hydrogens (primary N) is 1. The van der Waals surface area contributed by atoms with Crippen LogP contribution in [0.1, 0.15) is 16.1 Å². The first kappa shape index (κ1) is 13.3. The molecule has 7 heteroatoms. The highest BCUT2D eigenvalue weighted by molar-refractivity contribution is 9.10. The lowest BCUT2D eigenvalue weighted by Crippen LogP contribution is -2.17. The average Bonchev–Trinajstić information content (AvgIpc) is 2.36. The van der Waals surface area contributed by atoms with Gasteiger partial charge in [-0.05, 0) is 46.6 Å². The number of hydrogen-bond acceptors (Lipinski definition) is 4. The molecule has 0 atom stereocenters. The van der Waals surface area contributed by atoms with E-state index in [1.54, 1.807) is 6.07 Å². The van der Waals surface area contributed by atoms with E-state index >= 15 is 0 Å². The van der Waals surface area contributed by atoms with Crippen LogP contribution < -0.4 is 16.6 Å². The normalized spacial score (nSPS) is 10.2. The maximum atomic E-state index is 11.9. The number of aryl methyl sites for hydroxylation is 1. The van der Waals surface area contributed by atoms with E-state index in [1.807, 2.05) is 13.0 Å². The molecule has 2 aromatic rings. The minimum Gasteiger partial charge on any atom is -0.398 e. The first-order valence-corrected chi connectivity index (χ1v) is 6.19. The average molecular weight is 323 g/mol. The fourth-order valence-corrected chi connectivity index (χ4v) is 2.00. The number of carbonyl (C=O) groups is 1. The minimum absolute atomic E-state index is 0.116. The Hall–Kier alpha value is -2.15. The van der Waals surface area contributed by atoms with Crippen LogP contribution in [0.4, 0.5) is 11.4 Å². The van der Waals surface area contributed by atoms with E-state index in [9.17, 15) is 9.59 Å². The molecular formula is C12H11BrN4O2. The highest BCUT2D eigenvalue weighted by Gasteiger charge is 2.11. The third-order valence-corrected chi connectivity index (χ3v) is 3.17. The maximum absolute atomic E-state index is 11.9. The maximum Gasteiger partial charge on any atom is 0.276 e. The summed E-state index contributed by atoms with van der Waals surface area (Å²) in [6.45, 7) is 1.87. The third-order valence-electron chi connectivity index (χ3n) is 2.52. The van der Waals surface area contributed by atoms with Crippen molar-refractivity contribution < 1.29 is 4.79 Å².